The molecule has 4 aromatic rings. The summed E-state index contributed by atoms with van der Waals surface area (Å²) in [6.45, 7) is 1.91. The minimum Gasteiger partial charge on any atom is -0.396 e. The zero-order chi connectivity index (χ0) is 26.2. The fourth-order valence-corrected chi connectivity index (χ4v) is 6.09. The van der Waals surface area contributed by atoms with Crippen LogP contribution in [-0.4, -0.2) is 70.9 Å². The summed E-state index contributed by atoms with van der Waals surface area (Å²) < 4.78 is 1.59. The summed E-state index contributed by atoms with van der Waals surface area (Å²) in [7, 11) is 0. The summed E-state index contributed by atoms with van der Waals surface area (Å²) in [6, 6.07) is 18.8. The van der Waals surface area contributed by atoms with Crippen molar-refractivity contribution in [2.75, 3.05) is 17.7 Å². The summed E-state index contributed by atoms with van der Waals surface area (Å²) in [5, 5.41) is 43.6. The third kappa shape index (κ3) is 4.77. The molecule has 2 aromatic heterocycles. The van der Waals surface area contributed by atoms with Crippen molar-refractivity contribution in [2.45, 2.75) is 61.6 Å². The molecular formula is C28H32N6O3S. The molecule has 38 heavy (non-hydrogen) atoms. The Hall–Kier alpha value is -3.05. The zero-order valence-corrected chi connectivity index (χ0v) is 22.0. The van der Waals surface area contributed by atoms with Gasteiger partial charge in [-0.15, -0.1) is 5.10 Å². The number of aliphatic hydroxyl groups is 3. The van der Waals surface area contributed by atoms with E-state index in [1.165, 1.54) is 16.7 Å². The van der Waals surface area contributed by atoms with Crippen LogP contribution in [0.25, 0.3) is 22.3 Å². The van der Waals surface area contributed by atoms with Crippen molar-refractivity contribution in [1.82, 2.24) is 25.0 Å². The number of fused-ring (bicyclic) bond motifs is 1. The van der Waals surface area contributed by atoms with Crippen LogP contribution in [-0.2, 0) is 0 Å². The Morgan fingerprint density at radius 2 is 1.82 bits per heavy atom. The number of nitrogens with one attached hydrogen (secondary N) is 1. The molecule has 6 rings (SSSR count). The van der Waals surface area contributed by atoms with Gasteiger partial charge in [0.25, 0.3) is 0 Å². The minimum atomic E-state index is -1.06. The number of aliphatic hydroxyl groups excluding tert-OH is 3. The van der Waals surface area contributed by atoms with Crippen molar-refractivity contribution in [1.29, 1.82) is 0 Å². The summed E-state index contributed by atoms with van der Waals surface area (Å²) in [4.78, 5) is 9.52. The van der Waals surface area contributed by atoms with E-state index in [2.05, 4.69) is 71.1 Å². The van der Waals surface area contributed by atoms with E-state index in [1.807, 2.05) is 6.07 Å². The van der Waals surface area contributed by atoms with E-state index in [0.717, 1.165) is 18.6 Å². The van der Waals surface area contributed by atoms with E-state index in [4.69, 9.17) is 9.97 Å². The van der Waals surface area contributed by atoms with Crippen LogP contribution in [0.1, 0.15) is 43.7 Å². The quantitative estimate of drug-likeness (QED) is 0.189. The van der Waals surface area contributed by atoms with E-state index < -0.39 is 24.2 Å². The van der Waals surface area contributed by atoms with Crippen LogP contribution in [0.2, 0.25) is 0 Å². The smallest absolute Gasteiger partial charge is 0.191 e. The largest absolute Gasteiger partial charge is 0.396 e. The van der Waals surface area contributed by atoms with Crippen LogP contribution >= 0.6 is 11.8 Å². The molecule has 0 saturated heterocycles. The summed E-state index contributed by atoms with van der Waals surface area (Å²) in [5.41, 5.74) is 4.77. The third-order valence-electron chi connectivity index (χ3n) is 7.59. The van der Waals surface area contributed by atoms with Crippen LogP contribution in [0, 0.1) is 5.92 Å². The first-order chi connectivity index (χ1) is 18.6. The zero-order valence-electron chi connectivity index (χ0n) is 21.2. The lowest BCUT2D eigenvalue weighted by atomic mass is 10.0. The second kappa shape index (κ2) is 10.6. The molecule has 10 heteroatoms. The van der Waals surface area contributed by atoms with Gasteiger partial charge in [-0.25, -0.2) is 14.6 Å². The van der Waals surface area contributed by atoms with Gasteiger partial charge in [-0.1, -0.05) is 78.5 Å². The van der Waals surface area contributed by atoms with E-state index in [1.54, 1.807) is 16.4 Å². The van der Waals surface area contributed by atoms with Gasteiger partial charge in [0.05, 0.1) is 12.1 Å². The van der Waals surface area contributed by atoms with E-state index in [9.17, 15) is 15.3 Å². The Labute approximate surface area is 225 Å². The SMILES string of the molecule is CCCSc1nc(NC2CC2c2cccc(-c3ccccc3)c2)c2nnn([C@@H]3C[C@H](CO)[C@@H](O)[C@H]3O)c2n1. The maximum Gasteiger partial charge on any atom is 0.191 e. The Morgan fingerprint density at radius 1 is 1.00 bits per heavy atom. The second-order valence-corrected chi connectivity index (χ2v) is 11.3. The first-order valence-electron chi connectivity index (χ1n) is 13.2. The molecule has 0 radical (unpaired) electrons. The lowest BCUT2D eigenvalue weighted by Crippen LogP contribution is -2.30. The van der Waals surface area contributed by atoms with Gasteiger partial charge in [-0.2, -0.15) is 0 Å². The van der Waals surface area contributed by atoms with Crippen LogP contribution in [0.5, 0.6) is 0 Å². The molecule has 198 valence electrons. The Balaban J connectivity index is 1.28. The van der Waals surface area contributed by atoms with Crippen molar-refractivity contribution in [3.05, 3.63) is 60.2 Å². The number of nitrogens with zero attached hydrogens (tertiary/aromatic N) is 5. The number of hydrogen-bond acceptors (Lipinski definition) is 9. The molecule has 2 unspecified atom stereocenters. The first-order valence-corrected chi connectivity index (χ1v) is 14.2. The van der Waals surface area contributed by atoms with Gasteiger partial charge in [0.1, 0.15) is 6.10 Å². The Bertz CT molecular complexity index is 1420. The Kier molecular flexibility index (Phi) is 7.05. The summed E-state index contributed by atoms with van der Waals surface area (Å²) >= 11 is 1.57. The fraction of sp³-hybridized carbons (Fsp3) is 0.429. The second-order valence-electron chi connectivity index (χ2n) is 10.2. The molecule has 2 aliphatic rings. The molecular weight excluding hydrogens is 500 g/mol. The average molecular weight is 533 g/mol. The van der Waals surface area contributed by atoms with Crippen LogP contribution < -0.4 is 5.32 Å². The maximum atomic E-state index is 10.7. The lowest BCUT2D eigenvalue weighted by molar-refractivity contribution is -0.00512. The highest BCUT2D eigenvalue weighted by Gasteiger charge is 2.44. The standard InChI is InChI=1S/C28H32N6O3S/c1-2-11-38-28-30-26(23-27(31-28)34(33-32-23)22-13-19(15-35)24(36)25(22)37)29-21-14-20(21)18-10-6-9-17(12-18)16-7-4-3-5-8-16/h3-10,12,19-22,24-25,35-37H,2,11,13-15H2,1H3,(H,29,30,31)/t19-,20?,21?,22-,24-,25+/m1/s1. The summed E-state index contributed by atoms with van der Waals surface area (Å²) in [6.07, 6.45) is 0.294. The van der Waals surface area contributed by atoms with Crippen LogP contribution in [0.4, 0.5) is 5.82 Å². The van der Waals surface area contributed by atoms with Crippen LogP contribution in [0.15, 0.2) is 59.8 Å². The molecule has 0 bridgehead atoms. The molecule has 0 amide bonds. The van der Waals surface area contributed by atoms with Crippen molar-refractivity contribution >= 4 is 28.7 Å². The van der Waals surface area contributed by atoms with Gasteiger partial charge in [-0.05, 0) is 36.0 Å². The van der Waals surface area contributed by atoms with E-state index in [0.29, 0.717) is 34.5 Å². The minimum absolute atomic E-state index is 0.199. The molecule has 2 fully saturated rings. The Morgan fingerprint density at radius 3 is 2.58 bits per heavy atom. The molecule has 2 aliphatic carbocycles. The number of benzene rings is 2. The number of hydrogen-bond donors (Lipinski definition) is 4. The third-order valence-corrected chi connectivity index (χ3v) is 8.65. The molecule has 4 N–H and O–H groups in total. The molecule has 9 nitrogen and oxygen atoms in total. The molecule has 0 aliphatic heterocycles. The van der Waals surface area contributed by atoms with Crippen molar-refractivity contribution < 1.29 is 15.3 Å². The van der Waals surface area contributed by atoms with E-state index in [-0.39, 0.29) is 12.6 Å². The maximum absolute atomic E-state index is 10.7. The van der Waals surface area contributed by atoms with Gasteiger partial charge in [0.2, 0.25) is 0 Å². The fourth-order valence-electron chi connectivity index (χ4n) is 5.39. The van der Waals surface area contributed by atoms with Gasteiger partial charge in [0, 0.05) is 30.2 Å². The first kappa shape index (κ1) is 25.2. The van der Waals surface area contributed by atoms with Crippen molar-refractivity contribution in [3.63, 3.8) is 0 Å². The van der Waals surface area contributed by atoms with Gasteiger partial charge < -0.3 is 20.6 Å². The highest BCUT2D eigenvalue weighted by atomic mass is 32.2. The average Bonchev–Trinajstić information content (AvgIpc) is 3.50. The topological polar surface area (TPSA) is 129 Å². The van der Waals surface area contributed by atoms with Gasteiger partial charge in [0.15, 0.2) is 22.1 Å². The predicted octanol–water partition coefficient (Wildman–Crippen LogP) is 3.63. The number of rotatable bonds is 9. The molecule has 2 heterocycles. The van der Waals surface area contributed by atoms with Crippen LogP contribution in [0.3, 0.4) is 0 Å². The molecule has 6 atom stereocenters. The number of aromatic nitrogens is 5. The van der Waals surface area contributed by atoms with Gasteiger partial charge >= 0.3 is 0 Å². The van der Waals surface area contributed by atoms with E-state index >= 15 is 0 Å². The van der Waals surface area contributed by atoms with Crippen molar-refractivity contribution in [2.24, 2.45) is 5.92 Å². The highest BCUT2D eigenvalue weighted by Crippen LogP contribution is 2.44. The van der Waals surface area contributed by atoms with Gasteiger partial charge in [-0.3, -0.25) is 0 Å². The monoisotopic (exact) mass is 532 g/mol. The molecule has 2 saturated carbocycles. The molecule has 0 spiro atoms. The predicted molar refractivity (Wildman–Crippen MR) is 147 cm³/mol. The normalized spacial score (nSPS) is 26.6. The highest BCUT2D eigenvalue weighted by molar-refractivity contribution is 7.99. The number of anilines is 1. The summed E-state index contributed by atoms with van der Waals surface area (Å²) in [5.74, 6) is 1.46. The molecule has 2 aromatic carbocycles. The lowest BCUT2D eigenvalue weighted by Gasteiger charge is -2.17. The van der Waals surface area contributed by atoms with Crippen molar-refractivity contribution in [3.8, 4) is 11.1 Å². The number of thioether (sulfide) groups is 1.